The standard InChI is InChI=1S/C17H16ClN3O4S2/c1-17(26-6-7-27-17)9-16(22)20-19-10-12-3-5-15(25-12)13-4-2-11(18)8-14(13)21(23)24/h2-5,8,10H,6-7,9H2,1H3,(H,20,22)/b19-10-. The van der Waals surface area contributed by atoms with Crippen molar-refractivity contribution in [3.8, 4) is 11.3 Å². The number of carbonyl (C=O) groups is 1. The molecule has 0 radical (unpaired) electrons. The zero-order chi connectivity index (χ0) is 19.4. The van der Waals surface area contributed by atoms with Crippen LogP contribution >= 0.6 is 35.1 Å². The maximum absolute atomic E-state index is 12.0. The van der Waals surface area contributed by atoms with Crippen LogP contribution < -0.4 is 5.43 Å². The number of thioether (sulfide) groups is 2. The van der Waals surface area contributed by atoms with Gasteiger partial charge in [0.15, 0.2) is 0 Å². The fraction of sp³-hybridized carbons (Fsp3) is 0.294. The van der Waals surface area contributed by atoms with E-state index in [1.54, 1.807) is 41.7 Å². The van der Waals surface area contributed by atoms with Gasteiger partial charge in [-0.1, -0.05) is 11.6 Å². The largest absolute Gasteiger partial charge is 0.455 e. The minimum atomic E-state index is -0.517. The number of hydrogen-bond donors (Lipinski definition) is 1. The molecule has 0 aliphatic carbocycles. The lowest BCUT2D eigenvalue weighted by Crippen LogP contribution is -2.26. The molecule has 1 N–H and O–H groups in total. The molecule has 1 fully saturated rings. The zero-order valence-corrected chi connectivity index (χ0v) is 16.7. The number of nitrogens with zero attached hydrogens (tertiary/aromatic N) is 2. The van der Waals surface area contributed by atoms with E-state index in [0.29, 0.717) is 23.5 Å². The molecule has 1 aliphatic rings. The van der Waals surface area contributed by atoms with E-state index in [4.69, 9.17) is 16.0 Å². The number of nitro groups is 1. The normalized spacial score (nSPS) is 15.9. The summed E-state index contributed by atoms with van der Waals surface area (Å²) in [5.74, 6) is 2.60. The van der Waals surface area contributed by atoms with E-state index in [0.717, 1.165) is 11.5 Å². The summed E-state index contributed by atoms with van der Waals surface area (Å²) in [5.41, 5.74) is 2.66. The summed E-state index contributed by atoms with van der Waals surface area (Å²) in [7, 11) is 0. The first-order chi connectivity index (χ1) is 12.9. The van der Waals surface area contributed by atoms with Crippen molar-refractivity contribution in [3.05, 3.63) is 51.2 Å². The molecule has 3 rings (SSSR count). The number of halogens is 1. The minimum Gasteiger partial charge on any atom is -0.455 e. The van der Waals surface area contributed by atoms with Crippen LogP contribution in [0.25, 0.3) is 11.3 Å². The number of hydrazone groups is 1. The summed E-state index contributed by atoms with van der Waals surface area (Å²) in [5, 5.41) is 15.4. The molecule has 0 spiro atoms. The highest BCUT2D eigenvalue weighted by molar-refractivity contribution is 8.21. The van der Waals surface area contributed by atoms with Crippen LogP contribution in [-0.2, 0) is 4.79 Å². The second-order valence-electron chi connectivity index (χ2n) is 5.92. The Kier molecular flexibility index (Phi) is 6.13. The minimum absolute atomic E-state index is 0.106. The van der Waals surface area contributed by atoms with Gasteiger partial charge >= 0.3 is 0 Å². The van der Waals surface area contributed by atoms with Crippen LogP contribution in [0.2, 0.25) is 5.02 Å². The predicted molar refractivity (Wildman–Crippen MR) is 109 cm³/mol. The highest BCUT2D eigenvalue weighted by Gasteiger charge is 2.32. The SMILES string of the molecule is CC1(CC(=O)N/N=C\c2ccc(-c3ccc(Cl)cc3[N+](=O)[O-])o2)SCCS1. The molecule has 10 heteroatoms. The molecule has 1 amide bonds. The molecule has 0 saturated carbocycles. The average Bonchev–Trinajstić information content (AvgIpc) is 3.24. The summed E-state index contributed by atoms with van der Waals surface area (Å²) in [6, 6.07) is 7.58. The highest BCUT2D eigenvalue weighted by Crippen LogP contribution is 2.45. The molecule has 0 unspecified atom stereocenters. The van der Waals surface area contributed by atoms with E-state index in [9.17, 15) is 14.9 Å². The Morgan fingerprint density at radius 3 is 2.85 bits per heavy atom. The first-order valence-electron chi connectivity index (χ1n) is 8.00. The van der Waals surface area contributed by atoms with Crippen molar-refractivity contribution in [2.24, 2.45) is 5.10 Å². The molecule has 2 aromatic rings. The predicted octanol–water partition coefficient (Wildman–Crippen LogP) is 4.54. The van der Waals surface area contributed by atoms with E-state index < -0.39 is 4.92 Å². The van der Waals surface area contributed by atoms with E-state index in [-0.39, 0.29) is 20.7 Å². The van der Waals surface area contributed by atoms with Gasteiger partial charge < -0.3 is 4.42 Å². The molecule has 27 heavy (non-hydrogen) atoms. The highest BCUT2D eigenvalue weighted by atomic mass is 35.5. The number of amides is 1. The van der Waals surface area contributed by atoms with Gasteiger partial charge in [0.25, 0.3) is 5.69 Å². The molecule has 1 aromatic heterocycles. The Bertz CT molecular complexity index is 894. The van der Waals surface area contributed by atoms with Gasteiger partial charge in [-0.3, -0.25) is 14.9 Å². The summed E-state index contributed by atoms with van der Waals surface area (Å²) in [6.07, 6.45) is 1.74. The molecule has 0 bridgehead atoms. The second-order valence-corrected chi connectivity index (χ2v) is 9.81. The van der Waals surface area contributed by atoms with E-state index >= 15 is 0 Å². The van der Waals surface area contributed by atoms with Crippen LogP contribution in [0, 0.1) is 10.1 Å². The third-order valence-electron chi connectivity index (χ3n) is 3.81. The molecule has 142 valence electrons. The summed E-state index contributed by atoms with van der Waals surface area (Å²) >= 11 is 9.37. The van der Waals surface area contributed by atoms with Crippen molar-refractivity contribution in [3.63, 3.8) is 0 Å². The number of benzene rings is 1. The summed E-state index contributed by atoms with van der Waals surface area (Å²) in [4.78, 5) is 22.7. The molecule has 2 heterocycles. The van der Waals surface area contributed by atoms with Gasteiger partial charge in [-0.2, -0.15) is 5.10 Å². The Morgan fingerprint density at radius 2 is 2.15 bits per heavy atom. The molecular weight excluding hydrogens is 410 g/mol. The van der Waals surface area contributed by atoms with Gasteiger partial charge in [0, 0.05) is 22.6 Å². The molecule has 7 nitrogen and oxygen atoms in total. The number of furan rings is 1. The Morgan fingerprint density at radius 1 is 1.41 bits per heavy atom. The van der Waals surface area contributed by atoms with Gasteiger partial charge in [0.05, 0.1) is 27.2 Å². The Labute approximate surface area is 169 Å². The van der Waals surface area contributed by atoms with Gasteiger partial charge in [0.2, 0.25) is 5.91 Å². The van der Waals surface area contributed by atoms with Crippen LogP contribution in [0.15, 0.2) is 39.9 Å². The molecule has 1 saturated heterocycles. The number of carbonyl (C=O) groups excluding carboxylic acids is 1. The lowest BCUT2D eigenvalue weighted by molar-refractivity contribution is -0.384. The molecule has 1 aromatic carbocycles. The summed E-state index contributed by atoms with van der Waals surface area (Å²) < 4.78 is 5.47. The third-order valence-corrected chi connectivity index (χ3v) is 7.34. The van der Waals surface area contributed by atoms with Gasteiger partial charge in [0.1, 0.15) is 11.5 Å². The van der Waals surface area contributed by atoms with Gasteiger partial charge in [-0.05, 0) is 31.2 Å². The summed E-state index contributed by atoms with van der Waals surface area (Å²) in [6.45, 7) is 2.05. The fourth-order valence-corrected chi connectivity index (χ4v) is 5.59. The third kappa shape index (κ3) is 5.06. The van der Waals surface area contributed by atoms with Crippen LogP contribution in [0.1, 0.15) is 19.1 Å². The van der Waals surface area contributed by atoms with Crippen molar-refractivity contribution in [2.75, 3.05) is 11.5 Å². The number of nitrogens with one attached hydrogen (secondary N) is 1. The van der Waals surface area contributed by atoms with Gasteiger partial charge in [-0.15, -0.1) is 23.5 Å². The average molecular weight is 426 g/mol. The first kappa shape index (κ1) is 19.8. The Hall–Kier alpha value is -1.97. The van der Waals surface area contributed by atoms with Crippen LogP contribution in [0.4, 0.5) is 5.69 Å². The smallest absolute Gasteiger partial charge is 0.281 e. The van der Waals surface area contributed by atoms with E-state index in [1.807, 2.05) is 0 Å². The monoisotopic (exact) mass is 425 g/mol. The molecule has 0 atom stereocenters. The van der Waals surface area contributed by atoms with Crippen molar-refractivity contribution < 1.29 is 14.1 Å². The van der Waals surface area contributed by atoms with Gasteiger partial charge in [-0.25, -0.2) is 5.43 Å². The lowest BCUT2D eigenvalue weighted by Gasteiger charge is -2.19. The molecule has 1 aliphatic heterocycles. The molecular formula is C17H16ClN3O4S2. The number of hydrogen-bond acceptors (Lipinski definition) is 7. The quantitative estimate of drug-likeness (QED) is 0.414. The van der Waals surface area contributed by atoms with Crippen LogP contribution in [-0.4, -0.2) is 32.6 Å². The van der Waals surface area contributed by atoms with Crippen molar-refractivity contribution in [2.45, 2.75) is 17.4 Å². The van der Waals surface area contributed by atoms with E-state index in [2.05, 4.69) is 17.5 Å². The van der Waals surface area contributed by atoms with Crippen molar-refractivity contribution in [1.82, 2.24) is 5.43 Å². The maximum atomic E-state index is 12.0. The van der Waals surface area contributed by atoms with E-state index in [1.165, 1.54) is 18.3 Å². The van der Waals surface area contributed by atoms with Crippen molar-refractivity contribution in [1.29, 1.82) is 0 Å². The second kappa shape index (κ2) is 8.37. The Balaban J connectivity index is 1.65. The lowest BCUT2D eigenvalue weighted by atomic mass is 10.1. The number of nitro benzene ring substituents is 1. The van der Waals surface area contributed by atoms with Crippen molar-refractivity contribution >= 4 is 52.9 Å². The zero-order valence-electron chi connectivity index (χ0n) is 14.3. The van der Waals surface area contributed by atoms with Crippen LogP contribution in [0.5, 0.6) is 0 Å². The first-order valence-corrected chi connectivity index (χ1v) is 10.4. The maximum Gasteiger partial charge on any atom is 0.281 e. The fourth-order valence-electron chi connectivity index (χ4n) is 2.59. The topological polar surface area (TPSA) is 97.7 Å². The van der Waals surface area contributed by atoms with Crippen LogP contribution in [0.3, 0.4) is 0 Å². The number of rotatable bonds is 6.